The fraction of sp³-hybridized carbons (Fsp3) is 0.273. The third-order valence-corrected chi connectivity index (χ3v) is 6.18. The normalized spacial score (nSPS) is 11.5. The Balaban J connectivity index is 1.81. The van der Waals surface area contributed by atoms with E-state index < -0.39 is 22.6 Å². The molecule has 0 aliphatic rings. The van der Waals surface area contributed by atoms with Gasteiger partial charge in [0.25, 0.3) is 0 Å². The second kappa shape index (κ2) is 8.16. The van der Waals surface area contributed by atoms with E-state index in [1.54, 1.807) is 45.9 Å². The molecule has 0 saturated heterocycles. The Morgan fingerprint density at radius 3 is 2.16 bits per heavy atom. The highest BCUT2D eigenvalue weighted by Gasteiger charge is 2.23. The Kier molecular flexibility index (Phi) is 5.93. The minimum Gasteiger partial charge on any atom is -0.465 e. The lowest BCUT2D eigenvalue weighted by atomic mass is 10.1. The third kappa shape index (κ3) is 4.33. The summed E-state index contributed by atoms with van der Waals surface area (Å²) in [6.07, 6.45) is 0. The van der Waals surface area contributed by atoms with E-state index in [9.17, 15) is 18.0 Å². The van der Waals surface area contributed by atoms with Crippen LogP contribution in [0.15, 0.2) is 39.6 Å². The van der Waals surface area contributed by atoms with Gasteiger partial charge in [-0.2, -0.15) is 0 Å². The summed E-state index contributed by atoms with van der Waals surface area (Å²) in [5.41, 5.74) is 3.54. The number of primary sulfonamides is 1. The summed E-state index contributed by atoms with van der Waals surface area (Å²) in [4.78, 5) is 25.2. The molecule has 0 aliphatic heterocycles. The Hall–Kier alpha value is -3.17. The summed E-state index contributed by atoms with van der Waals surface area (Å²) in [5.74, 6) is 0.137. The zero-order chi connectivity index (χ0) is 23.1. The molecule has 9 heteroatoms. The van der Waals surface area contributed by atoms with E-state index in [4.69, 9.17) is 14.3 Å². The number of ketones is 1. The van der Waals surface area contributed by atoms with Crippen molar-refractivity contribution in [3.8, 4) is 5.69 Å². The van der Waals surface area contributed by atoms with Crippen molar-refractivity contribution in [3.05, 3.63) is 69.9 Å². The molecule has 0 bridgehead atoms. The van der Waals surface area contributed by atoms with Crippen molar-refractivity contribution in [2.45, 2.75) is 39.5 Å². The molecule has 2 N–H and O–H groups in total. The van der Waals surface area contributed by atoms with E-state index in [0.717, 1.165) is 5.69 Å². The van der Waals surface area contributed by atoms with Crippen molar-refractivity contribution in [3.63, 3.8) is 0 Å². The molecule has 8 nitrogen and oxygen atoms in total. The summed E-state index contributed by atoms with van der Waals surface area (Å²) in [6, 6.07) is 7.74. The molecule has 0 unspecified atom stereocenters. The number of esters is 1. The summed E-state index contributed by atoms with van der Waals surface area (Å²) in [7, 11) is -3.79. The molecule has 0 spiro atoms. The lowest BCUT2D eigenvalue weighted by molar-refractivity contribution is 0.0472. The van der Waals surface area contributed by atoms with E-state index in [0.29, 0.717) is 39.6 Å². The van der Waals surface area contributed by atoms with Crippen LogP contribution in [0.25, 0.3) is 5.69 Å². The molecule has 3 aromatic rings. The molecule has 2 heterocycles. The first-order valence-electron chi connectivity index (χ1n) is 9.51. The predicted molar refractivity (Wildman–Crippen MR) is 114 cm³/mol. The number of sulfonamides is 1. The van der Waals surface area contributed by atoms with Gasteiger partial charge in [0.1, 0.15) is 17.1 Å². The number of hydrogen-bond acceptors (Lipinski definition) is 6. The zero-order valence-electron chi connectivity index (χ0n) is 18.0. The summed E-state index contributed by atoms with van der Waals surface area (Å²) in [6.45, 7) is 8.38. The first-order chi connectivity index (χ1) is 14.4. The van der Waals surface area contributed by atoms with Gasteiger partial charge < -0.3 is 13.7 Å². The molecule has 1 aromatic carbocycles. The average Bonchev–Trinajstić information content (AvgIpc) is 3.13. The number of ether oxygens (including phenoxy) is 1. The van der Waals surface area contributed by atoms with Crippen LogP contribution in [0.1, 0.15) is 49.2 Å². The van der Waals surface area contributed by atoms with E-state index >= 15 is 0 Å². The predicted octanol–water partition coefficient (Wildman–Crippen LogP) is 3.30. The Morgan fingerprint density at radius 1 is 1.03 bits per heavy atom. The smallest absolute Gasteiger partial charge is 0.342 e. The van der Waals surface area contributed by atoms with E-state index in [1.807, 2.05) is 11.5 Å². The summed E-state index contributed by atoms with van der Waals surface area (Å²) in [5, 5.41) is 5.14. The molecule has 164 valence electrons. The molecule has 2 aromatic heterocycles. The topological polar surface area (TPSA) is 122 Å². The number of rotatable bonds is 6. The van der Waals surface area contributed by atoms with Crippen LogP contribution in [0.4, 0.5) is 0 Å². The highest BCUT2D eigenvalue weighted by atomic mass is 32.2. The van der Waals surface area contributed by atoms with Gasteiger partial charge in [-0.3, -0.25) is 4.79 Å². The maximum absolute atomic E-state index is 12.7. The van der Waals surface area contributed by atoms with E-state index in [1.165, 1.54) is 12.1 Å². The van der Waals surface area contributed by atoms with Crippen LogP contribution in [0.2, 0.25) is 0 Å². The fourth-order valence-electron chi connectivity index (χ4n) is 3.60. The van der Waals surface area contributed by atoms with Crippen molar-refractivity contribution < 1.29 is 27.2 Å². The van der Waals surface area contributed by atoms with Gasteiger partial charge in [-0.05, 0) is 65.0 Å². The molecule has 0 amide bonds. The Bertz CT molecular complexity index is 1280. The number of carbonyl (C=O) groups excluding carboxylic acids is 2. The van der Waals surface area contributed by atoms with Crippen molar-refractivity contribution in [2.24, 2.45) is 5.14 Å². The highest BCUT2D eigenvalue weighted by molar-refractivity contribution is 7.89. The minimum absolute atomic E-state index is 0.00185. The lowest BCUT2D eigenvalue weighted by Gasteiger charge is -2.10. The largest absolute Gasteiger partial charge is 0.465 e. The monoisotopic (exact) mass is 444 g/mol. The van der Waals surface area contributed by atoms with Gasteiger partial charge in [-0.15, -0.1) is 0 Å². The van der Waals surface area contributed by atoms with Crippen molar-refractivity contribution >= 4 is 21.8 Å². The Morgan fingerprint density at radius 2 is 1.65 bits per heavy atom. The van der Waals surface area contributed by atoms with Gasteiger partial charge in [0.2, 0.25) is 15.8 Å². The lowest BCUT2D eigenvalue weighted by Crippen LogP contribution is -2.16. The van der Waals surface area contributed by atoms with Crippen LogP contribution in [-0.2, 0) is 14.8 Å². The number of aromatic nitrogens is 1. The number of nitrogens with two attached hydrogens (primary N) is 1. The van der Waals surface area contributed by atoms with Gasteiger partial charge in [0, 0.05) is 28.2 Å². The molecule has 0 fully saturated rings. The van der Waals surface area contributed by atoms with E-state index in [-0.39, 0.29) is 10.7 Å². The van der Waals surface area contributed by atoms with Gasteiger partial charge >= 0.3 is 5.97 Å². The van der Waals surface area contributed by atoms with Crippen LogP contribution in [-0.4, -0.2) is 31.3 Å². The standard InChI is InChI=1S/C22H24N2O6S/c1-12-10-19(14(3)24(12)17-6-8-18(9-7-17)31(23,27)28)20(25)11-29-22(26)21-13(2)15(4)30-16(21)5/h6-10H,11H2,1-5H3,(H2,23,27,28). The van der Waals surface area contributed by atoms with E-state index in [2.05, 4.69) is 0 Å². The van der Waals surface area contributed by atoms with Crippen LogP contribution in [0.3, 0.4) is 0 Å². The minimum atomic E-state index is -3.79. The van der Waals surface area contributed by atoms with Gasteiger partial charge in [0.15, 0.2) is 6.61 Å². The molecule has 0 radical (unpaired) electrons. The molecule has 0 aliphatic carbocycles. The van der Waals surface area contributed by atoms with Gasteiger partial charge in [-0.25, -0.2) is 18.4 Å². The molecular weight excluding hydrogens is 420 g/mol. The fourth-order valence-corrected chi connectivity index (χ4v) is 4.12. The van der Waals surface area contributed by atoms with Crippen LogP contribution in [0, 0.1) is 34.6 Å². The maximum Gasteiger partial charge on any atom is 0.342 e. The third-order valence-electron chi connectivity index (χ3n) is 5.25. The molecule has 31 heavy (non-hydrogen) atoms. The zero-order valence-corrected chi connectivity index (χ0v) is 18.8. The highest BCUT2D eigenvalue weighted by Crippen LogP contribution is 2.24. The summed E-state index contributed by atoms with van der Waals surface area (Å²) < 4.78 is 35.4. The Labute approximate surface area is 180 Å². The first-order valence-corrected chi connectivity index (χ1v) is 11.1. The first kappa shape index (κ1) is 22.5. The number of benzene rings is 1. The SMILES string of the molecule is Cc1oc(C)c(C(=O)OCC(=O)c2cc(C)n(-c3ccc(S(N)(=O)=O)cc3)c2C)c1C. The number of furan rings is 1. The van der Waals surface area contributed by atoms with Crippen molar-refractivity contribution in [2.75, 3.05) is 6.61 Å². The quantitative estimate of drug-likeness (QED) is 0.460. The maximum atomic E-state index is 12.7. The summed E-state index contributed by atoms with van der Waals surface area (Å²) >= 11 is 0. The van der Waals surface area contributed by atoms with Gasteiger partial charge in [-0.1, -0.05) is 0 Å². The number of nitrogens with zero attached hydrogens (tertiary/aromatic N) is 1. The second-order valence-electron chi connectivity index (χ2n) is 7.37. The van der Waals surface area contributed by atoms with Crippen LogP contribution >= 0.6 is 0 Å². The molecule has 0 atom stereocenters. The molecular formula is C22H24N2O6S. The number of carbonyl (C=O) groups is 2. The van der Waals surface area contributed by atoms with Crippen molar-refractivity contribution in [1.82, 2.24) is 4.57 Å². The van der Waals surface area contributed by atoms with Gasteiger partial charge in [0.05, 0.1) is 4.90 Å². The molecule has 3 rings (SSSR count). The number of aryl methyl sites for hydroxylation is 3. The molecule has 0 saturated carbocycles. The van der Waals surface area contributed by atoms with Crippen LogP contribution < -0.4 is 5.14 Å². The number of hydrogen-bond donors (Lipinski definition) is 1. The van der Waals surface area contributed by atoms with Crippen molar-refractivity contribution in [1.29, 1.82) is 0 Å². The van der Waals surface area contributed by atoms with Crippen LogP contribution in [0.5, 0.6) is 0 Å². The average molecular weight is 445 g/mol. The number of Topliss-reactive ketones (excluding diaryl/α,β-unsaturated/α-hetero) is 1. The second-order valence-corrected chi connectivity index (χ2v) is 8.93.